The molecule has 26 heavy (non-hydrogen) atoms. The van der Waals surface area contributed by atoms with E-state index in [-0.39, 0.29) is 17.3 Å². The SMILES string of the molecule is COCCNC(=O)CSc1ccccc1C(=O)Nc1ccc(F)c(F)c1. The van der Waals surface area contributed by atoms with Crippen LogP contribution in [0.15, 0.2) is 47.4 Å². The molecule has 0 aliphatic heterocycles. The summed E-state index contributed by atoms with van der Waals surface area (Å²) in [4.78, 5) is 24.8. The molecule has 0 radical (unpaired) electrons. The van der Waals surface area contributed by atoms with Gasteiger partial charge in [-0.1, -0.05) is 12.1 Å². The molecule has 0 unspecified atom stereocenters. The fourth-order valence-electron chi connectivity index (χ4n) is 2.04. The third kappa shape index (κ3) is 5.82. The van der Waals surface area contributed by atoms with Crippen molar-refractivity contribution >= 4 is 29.3 Å². The summed E-state index contributed by atoms with van der Waals surface area (Å²) >= 11 is 1.21. The quantitative estimate of drug-likeness (QED) is 0.546. The standard InChI is InChI=1S/C18H18F2N2O3S/c1-25-9-8-21-17(23)11-26-16-5-3-2-4-13(16)18(24)22-12-6-7-14(19)15(20)10-12/h2-7,10H,8-9,11H2,1H3,(H,21,23)(H,22,24). The first-order valence-electron chi connectivity index (χ1n) is 7.75. The van der Waals surface area contributed by atoms with Gasteiger partial charge in [-0.25, -0.2) is 8.78 Å². The van der Waals surface area contributed by atoms with Gasteiger partial charge in [0.05, 0.1) is 17.9 Å². The number of hydrogen-bond acceptors (Lipinski definition) is 4. The molecule has 0 aliphatic carbocycles. The van der Waals surface area contributed by atoms with Crippen LogP contribution in [0, 0.1) is 11.6 Å². The number of benzene rings is 2. The topological polar surface area (TPSA) is 67.4 Å². The minimum Gasteiger partial charge on any atom is -0.383 e. The molecule has 2 aromatic rings. The van der Waals surface area contributed by atoms with Crippen molar-refractivity contribution in [1.82, 2.24) is 5.32 Å². The number of methoxy groups -OCH3 is 1. The van der Waals surface area contributed by atoms with Gasteiger partial charge in [0.1, 0.15) is 0 Å². The van der Waals surface area contributed by atoms with Crippen molar-refractivity contribution in [3.05, 3.63) is 59.7 Å². The normalized spacial score (nSPS) is 10.4. The van der Waals surface area contributed by atoms with Crippen LogP contribution >= 0.6 is 11.8 Å². The smallest absolute Gasteiger partial charge is 0.256 e. The lowest BCUT2D eigenvalue weighted by Gasteiger charge is -2.10. The first-order valence-corrected chi connectivity index (χ1v) is 8.73. The van der Waals surface area contributed by atoms with Crippen molar-refractivity contribution in [3.63, 3.8) is 0 Å². The van der Waals surface area contributed by atoms with Crippen LogP contribution in [0.5, 0.6) is 0 Å². The molecule has 0 bridgehead atoms. The Balaban J connectivity index is 2.01. The van der Waals surface area contributed by atoms with Gasteiger partial charge in [-0.15, -0.1) is 11.8 Å². The zero-order valence-corrected chi connectivity index (χ0v) is 14.9. The predicted molar refractivity (Wildman–Crippen MR) is 96.4 cm³/mol. The summed E-state index contributed by atoms with van der Waals surface area (Å²) in [7, 11) is 1.54. The van der Waals surface area contributed by atoms with Gasteiger partial charge in [-0.05, 0) is 24.3 Å². The van der Waals surface area contributed by atoms with E-state index in [9.17, 15) is 18.4 Å². The molecule has 0 saturated heterocycles. The summed E-state index contributed by atoms with van der Waals surface area (Å²) in [5, 5.41) is 5.21. The molecule has 0 heterocycles. The van der Waals surface area contributed by atoms with E-state index in [0.29, 0.717) is 23.6 Å². The molecule has 2 aromatic carbocycles. The average Bonchev–Trinajstić information content (AvgIpc) is 2.63. The number of halogens is 2. The van der Waals surface area contributed by atoms with E-state index in [1.165, 1.54) is 17.8 Å². The fourth-order valence-corrected chi connectivity index (χ4v) is 2.92. The molecule has 0 aromatic heterocycles. The third-order valence-electron chi connectivity index (χ3n) is 3.30. The summed E-state index contributed by atoms with van der Waals surface area (Å²) in [6.07, 6.45) is 0. The second kappa shape index (κ2) is 9.88. The second-order valence-electron chi connectivity index (χ2n) is 5.21. The number of carbonyl (C=O) groups excluding carboxylic acids is 2. The summed E-state index contributed by atoms with van der Waals surface area (Å²) < 4.78 is 31.1. The first-order chi connectivity index (χ1) is 12.5. The highest BCUT2D eigenvalue weighted by atomic mass is 32.2. The van der Waals surface area contributed by atoms with E-state index in [0.717, 1.165) is 12.1 Å². The van der Waals surface area contributed by atoms with Crippen LogP contribution in [-0.2, 0) is 9.53 Å². The number of hydrogen-bond donors (Lipinski definition) is 2. The van der Waals surface area contributed by atoms with Crippen LogP contribution < -0.4 is 10.6 Å². The number of ether oxygens (including phenoxy) is 1. The molecule has 5 nitrogen and oxygen atoms in total. The number of carbonyl (C=O) groups is 2. The van der Waals surface area contributed by atoms with Crippen LogP contribution in [0.4, 0.5) is 14.5 Å². The Bertz CT molecular complexity index is 787. The Labute approximate surface area is 154 Å². The van der Waals surface area contributed by atoms with Gasteiger partial charge in [0.25, 0.3) is 5.91 Å². The summed E-state index contributed by atoms with van der Waals surface area (Å²) in [5.74, 6) is -2.54. The maximum absolute atomic E-state index is 13.3. The minimum absolute atomic E-state index is 0.138. The van der Waals surface area contributed by atoms with Crippen molar-refractivity contribution in [2.45, 2.75) is 4.90 Å². The van der Waals surface area contributed by atoms with Crippen molar-refractivity contribution in [1.29, 1.82) is 0 Å². The van der Waals surface area contributed by atoms with Gasteiger partial charge < -0.3 is 15.4 Å². The Kier molecular flexibility index (Phi) is 7.55. The molecule has 2 N–H and O–H groups in total. The molecule has 2 amide bonds. The molecule has 0 spiro atoms. The predicted octanol–water partition coefficient (Wildman–Crippen LogP) is 3.07. The summed E-state index contributed by atoms with van der Waals surface area (Å²) in [6, 6.07) is 9.87. The van der Waals surface area contributed by atoms with Crippen LogP contribution in [0.2, 0.25) is 0 Å². The Hall–Kier alpha value is -2.45. The molecule has 0 atom stereocenters. The maximum atomic E-state index is 13.3. The van der Waals surface area contributed by atoms with Crippen molar-refractivity contribution in [3.8, 4) is 0 Å². The summed E-state index contributed by atoms with van der Waals surface area (Å²) in [6.45, 7) is 0.831. The fraction of sp³-hybridized carbons (Fsp3) is 0.222. The molecular formula is C18H18F2N2O3S. The molecule has 138 valence electrons. The van der Waals surface area contributed by atoms with Gasteiger partial charge in [0.2, 0.25) is 5.91 Å². The zero-order valence-electron chi connectivity index (χ0n) is 14.1. The number of amides is 2. The molecular weight excluding hydrogens is 362 g/mol. The highest BCUT2D eigenvalue weighted by molar-refractivity contribution is 8.00. The van der Waals surface area contributed by atoms with Gasteiger partial charge >= 0.3 is 0 Å². The van der Waals surface area contributed by atoms with Crippen LogP contribution in [0.25, 0.3) is 0 Å². The van der Waals surface area contributed by atoms with E-state index < -0.39 is 17.5 Å². The molecule has 2 rings (SSSR count). The van der Waals surface area contributed by atoms with Crippen LogP contribution in [0.3, 0.4) is 0 Å². The van der Waals surface area contributed by atoms with Gasteiger partial charge in [0.15, 0.2) is 11.6 Å². The second-order valence-corrected chi connectivity index (χ2v) is 6.23. The van der Waals surface area contributed by atoms with E-state index in [4.69, 9.17) is 4.74 Å². The Morgan fingerprint density at radius 2 is 1.88 bits per heavy atom. The van der Waals surface area contributed by atoms with E-state index in [1.54, 1.807) is 31.4 Å². The van der Waals surface area contributed by atoms with Crippen LogP contribution in [-0.4, -0.2) is 37.8 Å². The lowest BCUT2D eigenvalue weighted by Crippen LogP contribution is -2.28. The highest BCUT2D eigenvalue weighted by Gasteiger charge is 2.14. The van der Waals surface area contributed by atoms with Crippen molar-refractivity contribution in [2.24, 2.45) is 0 Å². The first kappa shape index (κ1) is 19.9. The van der Waals surface area contributed by atoms with Gasteiger partial charge in [0, 0.05) is 30.3 Å². The lowest BCUT2D eigenvalue weighted by molar-refractivity contribution is -0.118. The number of anilines is 1. The largest absolute Gasteiger partial charge is 0.383 e. The van der Waals surface area contributed by atoms with Crippen LogP contribution in [0.1, 0.15) is 10.4 Å². The van der Waals surface area contributed by atoms with E-state index >= 15 is 0 Å². The number of nitrogens with one attached hydrogen (secondary N) is 2. The highest BCUT2D eigenvalue weighted by Crippen LogP contribution is 2.24. The monoisotopic (exact) mass is 380 g/mol. The van der Waals surface area contributed by atoms with Gasteiger partial charge in [-0.2, -0.15) is 0 Å². The number of thioether (sulfide) groups is 1. The lowest BCUT2D eigenvalue weighted by atomic mass is 10.2. The van der Waals surface area contributed by atoms with E-state index in [2.05, 4.69) is 10.6 Å². The number of rotatable bonds is 8. The Morgan fingerprint density at radius 3 is 2.62 bits per heavy atom. The minimum atomic E-state index is -1.04. The zero-order chi connectivity index (χ0) is 18.9. The average molecular weight is 380 g/mol. The molecule has 8 heteroatoms. The van der Waals surface area contributed by atoms with Crippen molar-refractivity contribution < 1.29 is 23.1 Å². The summed E-state index contributed by atoms with van der Waals surface area (Å²) in [5.41, 5.74) is 0.484. The third-order valence-corrected chi connectivity index (χ3v) is 4.37. The van der Waals surface area contributed by atoms with E-state index in [1.807, 2.05) is 0 Å². The molecule has 0 aliphatic rings. The molecule has 0 saturated carbocycles. The maximum Gasteiger partial charge on any atom is 0.256 e. The van der Waals surface area contributed by atoms with Crippen molar-refractivity contribution in [2.75, 3.05) is 31.3 Å². The Morgan fingerprint density at radius 1 is 1.12 bits per heavy atom. The molecule has 0 fully saturated rings. The van der Waals surface area contributed by atoms with Gasteiger partial charge in [-0.3, -0.25) is 9.59 Å².